The summed E-state index contributed by atoms with van der Waals surface area (Å²) in [6.07, 6.45) is 3.90. The van der Waals surface area contributed by atoms with Gasteiger partial charge >= 0.3 is 0 Å². The number of nitrogens with zero attached hydrogens (tertiary/aromatic N) is 2. The lowest BCUT2D eigenvalue weighted by molar-refractivity contribution is 0.600. The molecule has 8 heteroatoms. The van der Waals surface area contributed by atoms with Gasteiger partial charge in [-0.05, 0) is 49.2 Å². The molecule has 0 aliphatic carbocycles. The molecule has 1 N–H and O–H groups in total. The number of hydrogen-bond acceptors (Lipinski definition) is 4. The first-order chi connectivity index (χ1) is 12.8. The van der Waals surface area contributed by atoms with E-state index in [-0.39, 0.29) is 4.90 Å². The zero-order chi connectivity index (χ0) is 19.2. The summed E-state index contributed by atoms with van der Waals surface area (Å²) in [5.41, 5.74) is 3.59. The Morgan fingerprint density at radius 2 is 1.85 bits per heavy atom. The predicted molar refractivity (Wildman–Crippen MR) is 110 cm³/mol. The summed E-state index contributed by atoms with van der Waals surface area (Å²) in [6, 6.07) is 10.4. The second-order valence-corrected chi connectivity index (χ2v) is 9.20. The van der Waals surface area contributed by atoms with E-state index in [4.69, 9.17) is 11.6 Å². The Morgan fingerprint density at radius 3 is 2.56 bits per heavy atom. The summed E-state index contributed by atoms with van der Waals surface area (Å²) in [5, 5.41) is 2.53. The van der Waals surface area contributed by atoms with Crippen LogP contribution >= 0.6 is 22.9 Å². The maximum atomic E-state index is 12.8. The average Bonchev–Trinajstić information content (AvgIpc) is 3.20. The quantitative estimate of drug-likeness (QED) is 0.500. The Hall–Kier alpha value is -2.35. The van der Waals surface area contributed by atoms with Gasteiger partial charge in [0.2, 0.25) is 0 Å². The fourth-order valence-corrected chi connectivity index (χ4v) is 5.12. The van der Waals surface area contributed by atoms with Gasteiger partial charge in [0.1, 0.15) is 0 Å². The normalized spacial score (nSPS) is 11.8. The highest BCUT2D eigenvalue weighted by Gasteiger charge is 2.18. The molecule has 0 aliphatic heterocycles. The van der Waals surface area contributed by atoms with Crippen molar-refractivity contribution < 1.29 is 8.42 Å². The van der Waals surface area contributed by atoms with Gasteiger partial charge < -0.3 is 0 Å². The third-order valence-electron chi connectivity index (χ3n) is 4.27. The second-order valence-electron chi connectivity index (χ2n) is 6.27. The molecular weight excluding hydrogens is 402 g/mol. The lowest BCUT2D eigenvalue weighted by Gasteiger charge is -2.12. The molecule has 2 aromatic heterocycles. The highest BCUT2D eigenvalue weighted by atomic mass is 35.5. The van der Waals surface area contributed by atoms with Crippen LogP contribution in [0.3, 0.4) is 0 Å². The number of imidazole rings is 1. The molecule has 2 aromatic carbocycles. The number of benzene rings is 2. The Morgan fingerprint density at radius 1 is 1.11 bits per heavy atom. The summed E-state index contributed by atoms with van der Waals surface area (Å²) >= 11 is 7.64. The number of nitrogens with one attached hydrogen (secondary N) is 1. The molecule has 0 radical (unpaired) electrons. The van der Waals surface area contributed by atoms with E-state index in [0.717, 1.165) is 21.8 Å². The summed E-state index contributed by atoms with van der Waals surface area (Å²) in [4.78, 5) is 5.70. The lowest BCUT2D eigenvalue weighted by atomic mass is 10.1. The zero-order valence-electron chi connectivity index (χ0n) is 14.6. The molecule has 2 heterocycles. The summed E-state index contributed by atoms with van der Waals surface area (Å²) in [6.45, 7) is 3.51. The monoisotopic (exact) mass is 417 g/mol. The van der Waals surface area contributed by atoms with E-state index in [1.54, 1.807) is 49.4 Å². The highest BCUT2D eigenvalue weighted by Crippen LogP contribution is 2.27. The topological polar surface area (TPSA) is 63.5 Å². The van der Waals surface area contributed by atoms with Crippen molar-refractivity contribution in [2.24, 2.45) is 0 Å². The van der Waals surface area contributed by atoms with Crippen molar-refractivity contribution in [2.45, 2.75) is 18.7 Å². The third kappa shape index (κ3) is 3.45. The Labute approximate surface area is 166 Å². The smallest absolute Gasteiger partial charge is 0.262 e. The van der Waals surface area contributed by atoms with Gasteiger partial charge in [-0.2, -0.15) is 0 Å². The first kappa shape index (κ1) is 18.0. The fraction of sp³-hybridized carbons (Fsp3) is 0.105. The van der Waals surface area contributed by atoms with Crippen LogP contribution in [0.15, 0.2) is 59.1 Å². The van der Waals surface area contributed by atoms with Gasteiger partial charge in [0, 0.05) is 34.0 Å². The maximum Gasteiger partial charge on any atom is 0.262 e. The van der Waals surface area contributed by atoms with Gasteiger partial charge in [-0.1, -0.05) is 23.7 Å². The Balaban J connectivity index is 1.61. The number of aryl methyl sites for hydroxylation is 2. The van der Waals surface area contributed by atoms with Crippen molar-refractivity contribution in [2.75, 3.05) is 4.72 Å². The number of anilines is 1. The van der Waals surface area contributed by atoms with Crippen LogP contribution in [0.4, 0.5) is 5.69 Å². The van der Waals surface area contributed by atoms with Gasteiger partial charge in [0.25, 0.3) is 10.0 Å². The predicted octanol–water partition coefficient (Wildman–Crippen LogP) is 5.13. The molecule has 4 rings (SSSR count). The van der Waals surface area contributed by atoms with Crippen LogP contribution < -0.4 is 4.72 Å². The van der Waals surface area contributed by atoms with Crippen LogP contribution in [0.25, 0.3) is 16.2 Å². The van der Waals surface area contributed by atoms with Gasteiger partial charge in [0.15, 0.2) is 4.96 Å². The minimum absolute atomic E-state index is 0.225. The first-order valence-electron chi connectivity index (χ1n) is 8.16. The van der Waals surface area contributed by atoms with E-state index in [1.165, 1.54) is 0 Å². The molecule has 0 amide bonds. The van der Waals surface area contributed by atoms with Crippen molar-refractivity contribution in [3.8, 4) is 11.3 Å². The maximum absolute atomic E-state index is 12.8. The number of halogens is 1. The molecule has 0 unspecified atom stereocenters. The molecular formula is C19H16ClN3O2S2. The molecule has 0 atom stereocenters. The van der Waals surface area contributed by atoms with Crippen LogP contribution in [-0.4, -0.2) is 17.8 Å². The van der Waals surface area contributed by atoms with Gasteiger partial charge in [-0.25, -0.2) is 13.4 Å². The largest absolute Gasteiger partial charge is 0.297 e. The number of thiazole rings is 1. The van der Waals surface area contributed by atoms with Crippen LogP contribution in [0.2, 0.25) is 5.02 Å². The van der Waals surface area contributed by atoms with E-state index >= 15 is 0 Å². The number of rotatable bonds is 4. The summed E-state index contributed by atoms with van der Waals surface area (Å²) < 4.78 is 30.1. The van der Waals surface area contributed by atoms with E-state index in [2.05, 4.69) is 9.71 Å². The Bertz CT molecular complexity index is 1210. The number of aromatic nitrogens is 2. The molecule has 27 heavy (non-hydrogen) atoms. The molecule has 0 fully saturated rings. The molecule has 4 aromatic rings. The zero-order valence-corrected chi connectivity index (χ0v) is 17.0. The average molecular weight is 418 g/mol. The fourth-order valence-electron chi connectivity index (χ4n) is 2.83. The van der Waals surface area contributed by atoms with E-state index < -0.39 is 10.0 Å². The van der Waals surface area contributed by atoms with Crippen LogP contribution in [0.5, 0.6) is 0 Å². The molecule has 0 bridgehead atoms. The van der Waals surface area contributed by atoms with Crippen molar-refractivity contribution in [1.29, 1.82) is 0 Å². The van der Waals surface area contributed by atoms with Gasteiger partial charge in [-0.15, -0.1) is 11.3 Å². The molecule has 5 nitrogen and oxygen atoms in total. The van der Waals surface area contributed by atoms with Crippen LogP contribution in [-0.2, 0) is 10.0 Å². The van der Waals surface area contributed by atoms with Crippen LogP contribution in [0.1, 0.15) is 11.1 Å². The summed E-state index contributed by atoms with van der Waals surface area (Å²) in [7, 11) is -3.70. The third-order valence-corrected chi connectivity index (χ3v) is 6.97. The number of hydrogen-bond donors (Lipinski definition) is 1. The Kier molecular flexibility index (Phi) is 4.46. The van der Waals surface area contributed by atoms with E-state index in [0.29, 0.717) is 16.3 Å². The standard InChI is InChI=1S/C19H16ClN3O2S2/c1-12-10-18(13(2)9-16(12)20)27(24,25)22-15-5-3-14(4-6-15)17-11-23-7-8-26-19(23)21-17/h3-11,22H,1-2H3. The summed E-state index contributed by atoms with van der Waals surface area (Å²) in [5.74, 6) is 0. The minimum Gasteiger partial charge on any atom is -0.297 e. The minimum atomic E-state index is -3.70. The van der Waals surface area contributed by atoms with Gasteiger partial charge in [0.05, 0.1) is 10.6 Å². The molecule has 0 saturated heterocycles. The van der Waals surface area contributed by atoms with Gasteiger partial charge in [-0.3, -0.25) is 9.12 Å². The molecule has 0 aliphatic rings. The SMILES string of the molecule is Cc1cc(S(=O)(=O)Nc2ccc(-c3cn4ccsc4n3)cc2)c(C)cc1Cl. The van der Waals surface area contributed by atoms with Crippen molar-refractivity contribution >= 4 is 43.6 Å². The molecule has 0 spiro atoms. The number of sulfonamides is 1. The van der Waals surface area contributed by atoms with Crippen LogP contribution in [0, 0.1) is 13.8 Å². The van der Waals surface area contributed by atoms with Crippen molar-refractivity contribution in [1.82, 2.24) is 9.38 Å². The van der Waals surface area contributed by atoms with E-state index in [9.17, 15) is 8.42 Å². The molecule has 138 valence electrons. The van der Waals surface area contributed by atoms with Crippen molar-refractivity contribution in [3.05, 3.63) is 70.3 Å². The number of fused-ring (bicyclic) bond motifs is 1. The van der Waals surface area contributed by atoms with E-state index in [1.807, 2.05) is 34.3 Å². The lowest BCUT2D eigenvalue weighted by Crippen LogP contribution is -2.14. The molecule has 0 saturated carbocycles. The van der Waals surface area contributed by atoms with Crippen molar-refractivity contribution in [3.63, 3.8) is 0 Å². The second kappa shape index (κ2) is 6.67. The first-order valence-corrected chi connectivity index (χ1v) is 10.9. The highest BCUT2D eigenvalue weighted by molar-refractivity contribution is 7.92.